The Balaban J connectivity index is 1.95. The van der Waals surface area contributed by atoms with Crippen LogP contribution in [0, 0.1) is 13.8 Å². The van der Waals surface area contributed by atoms with Gasteiger partial charge in [-0.25, -0.2) is 0 Å². The average Bonchev–Trinajstić information content (AvgIpc) is 2.81. The summed E-state index contributed by atoms with van der Waals surface area (Å²) in [4.78, 5) is 23.8. The van der Waals surface area contributed by atoms with E-state index in [0.29, 0.717) is 10.7 Å². The van der Waals surface area contributed by atoms with Gasteiger partial charge < -0.3 is 10.6 Å². The van der Waals surface area contributed by atoms with Gasteiger partial charge in [0.1, 0.15) is 0 Å². The van der Waals surface area contributed by atoms with Crippen LogP contribution in [0.15, 0.2) is 24.3 Å². The summed E-state index contributed by atoms with van der Waals surface area (Å²) in [5.74, 6) is -1.41. The molecule has 0 fully saturated rings. The Morgan fingerprint density at radius 1 is 1.17 bits per heavy atom. The van der Waals surface area contributed by atoms with Gasteiger partial charge >= 0.3 is 11.8 Å². The summed E-state index contributed by atoms with van der Waals surface area (Å²) in [7, 11) is 0. The van der Waals surface area contributed by atoms with E-state index in [1.807, 2.05) is 25.5 Å². The van der Waals surface area contributed by atoms with Gasteiger partial charge in [0.2, 0.25) is 0 Å². The SMILES string of the molecule is CCn1nc(C)c(CNC(=O)C(=O)Nc2ccc(Cl)cc2)c1C. The van der Waals surface area contributed by atoms with Crippen LogP contribution in [0.5, 0.6) is 0 Å². The highest BCUT2D eigenvalue weighted by Crippen LogP contribution is 2.14. The van der Waals surface area contributed by atoms with Crippen LogP contribution in [0.25, 0.3) is 0 Å². The Morgan fingerprint density at radius 3 is 2.39 bits per heavy atom. The van der Waals surface area contributed by atoms with Crippen molar-refractivity contribution in [3.05, 3.63) is 46.2 Å². The molecule has 0 aliphatic heterocycles. The van der Waals surface area contributed by atoms with E-state index in [-0.39, 0.29) is 6.54 Å². The topological polar surface area (TPSA) is 76.0 Å². The number of hydrogen-bond donors (Lipinski definition) is 2. The zero-order valence-corrected chi connectivity index (χ0v) is 14.1. The number of nitrogens with one attached hydrogen (secondary N) is 2. The zero-order valence-electron chi connectivity index (χ0n) is 13.3. The second kappa shape index (κ2) is 7.28. The molecule has 2 aromatic rings. The number of halogens is 1. The molecule has 0 radical (unpaired) electrons. The summed E-state index contributed by atoms with van der Waals surface area (Å²) in [6.07, 6.45) is 0. The molecule has 1 aromatic heterocycles. The molecule has 7 heteroatoms. The minimum Gasteiger partial charge on any atom is -0.344 e. The van der Waals surface area contributed by atoms with E-state index in [2.05, 4.69) is 15.7 Å². The summed E-state index contributed by atoms with van der Waals surface area (Å²) in [5, 5.41) is 10.1. The van der Waals surface area contributed by atoms with E-state index >= 15 is 0 Å². The first-order valence-electron chi connectivity index (χ1n) is 7.30. The molecule has 1 aromatic carbocycles. The number of aryl methyl sites for hydroxylation is 2. The van der Waals surface area contributed by atoms with Gasteiger partial charge in [-0.2, -0.15) is 5.10 Å². The van der Waals surface area contributed by atoms with Gasteiger partial charge in [-0.3, -0.25) is 14.3 Å². The molecule has 122 valence electrons. The molecule has 0 aliphatic carbocycles. The summed E-state index contributed by atoms with van der Waals surface area (Å²) >= 11 is 5.77. The van der Waals surface area contributed by atoms with E-state index in [9.17, 15) is 9.59 Å². The maximum atomic E-state index is 11.9. The lowest BCUT2D eigenvalue weighted by atomic mass is 10.2. The molecule has 0 spiro atoms. The van der Waals surface area contributed by atoms with E-state index in [1.54, 1.807) is 24.3 Å². The average molecular weight is 335 g/mol. The smallest absolute Gasteiger partial charge is 0.313 e. The zero-order chi connectivity index (χ0) is 17.0. The summed E-state index contributed by atoms with van der Waals surface area (Å²) < 4.78 is 1.87. The van der Waals surface area contributed by atoms with Crippen LogP contribution in [0.4, 0.5) is 5.69 Å². The van der Waals surface area contributed by atoms with Gasteiger partial charge in [0, 0.05) is 35.1 Å². The molecule has 1 heterocycles. The minimum absolute atomic E-state index is 0.268. The monoisotopic (exact) mass is 334 g/mol. The number of hydrogen-bond acceptors (Lipinski definition) is 3. The first kappa shape index (κ1) is 17.0. The van der Waals surface area contributed by atoms with Crippen molar-refractivity contribution in [1.82, 2.24) is 15.1 Å². The van der Waals surface area contributed by atoms with Crippen molar-refractivity contribution in [2.45, 2.75) is 33.9 Å². The fourth-order valence-electron chi connectivity index (χ4n) is 2.27. The predicted octanol–water partition coefficient (Wildman–Crippen LogP) is 2.43. The predicted molar refractivity (Wildman–Crippen MR) is 89.3 cm³/mol. The molecular formula is C16H19ClN4O2. The van der Waals surface area contributed by atoms with Crippen molar-refractivity contribution in [3.8, 4) is 0 Å². The van der Waals surface area contributed by atoms with Crippen molar-refractivity contribution < 1.29 is 9.59 Å². The number of carbonyl (C=O) groups is 2. The van der Waals surface area contributed by atoms with Crippen molar-refractivity contribution in [3.63, 3.8) is 0 Å². The molecule has 0 atom stereocenters. The first-order valence-corrected chi connectivity index (χ1v) is 7.67. The van der Waals surface area contributed by atoms with Crippen LogP contribution in [0.3, 0.4) is 0 Å². The second-order valence-corrected chi connectivity index (χ2v) is 5.55. The van der Waals surface area contributed by atoms with E-state index in [1.165, 1.54) is 0 Å². The molecule has 0 bridgehead atoms. The Hall–Kier alpha value is -2.34. The molecule has 23 heavy (non-hydrogen) atoms. The van der Waals surface area contributed by atoms with E-state index in [4.69, 9.17) is 11.6 Å². The largest absolute Gasteiger partial charge is 0.344 e. The van der Waals surface area contributed by atoms with Crippen LogP contribution in [0.2, 0.25) is 5.02 Å². The van der Waals surface area contributed by atoms with Gasteiger partial charge in [-0.15, -0.1) is 0 Å². The third-order valence-electron chi connectivity index (χ3n) is 3.56. The Labute approximate surface area is 139 Å². The van der Waals surface area contributed by atoms with Crippen LogP contribution in [-0.2, 0) is 22.7 Å². The number of aromatic nitrogens is 2. The fraction of sp³-hybridized carbons (Fsp3) is 0.312. The van der Waals surface area contributed by atoms with Crippen LogP contribution in [0.1, 0.15) is 23.9 Å². The molecule has 0 unspecified atom stereocenters. The lowest BCUT2D eigenvalue weighted by molar-refractivity contribution is -0.136. The highest BCUT2D eigenvalue weighted by atomic mass is 35.5. The summed E-state index contributed by atoms with van der Waals surface area (Å²) in [6, 6.07) is 6.54. The third-order valence-corrected chi connectivity index (χ3v) is 3.82. The standard InChI is InChI=1S/C16H19ClN4O2/c1-4-21-11(3)14(10(2)20-21)9-18-15(22)16(23)19-13-7-5-12(17)6-8-13/h5-8H,4,9H2,1-3H3,(H,18,22)(H,19,23). The number of rotatable bonds is 4. The number of amides is 2. The van der Waals surface area contributed by atoms with E-state index in [0.717, 1.165) is 23.5 Å². The Kier molecular flexibility index (Phi) is 5.39. The molecule has 6 nitrogen and oxygen atoms in total. The Morgan fingerprint density at radius 2 is 1.83 bits per heavy atom. The molecule has 2 N–H and O–H groups in total. The summed E-state index contributed by atoms with van der Waals surface area (Å²) in [5.41, 5.74) is 3.28. The molecule has 0 saturated carbocycles. The molecule has 2 rings (SSSR count). The first-order chi connectivity index (χ1) is 10.9. The number of carbonyl (C=O) groups excluding carboxylic acids is 2. The number of benzene rings is 1. The van der Waals surface area contributed by atoms with Crippen LogP contribution < -0.4 is 10.6 Å². The van der Waals surface area contributed by atoms with Crippen molar-refractivity contribution >= 4 is 29.1 Å². The second-order valence-electron chi connectivity index (χ2n) is 5.11. The Bertz CT molecular complexity index is 722. The third kappa shape index (κ3) is 4.10. The normalized spacial score (nSPS) is 10.4. The lowest BCUT2D eigenvalue weighted by Crippen LogP contribution is -2.35. The van der Waals surface area contributed by atoms with Gasteiger partial charge in [0.15, 0.2) is 0 Å². The lowest BCUT2D eigenvalue weighted by Gasteiger charge is -2.07. The van der Waals surface area contributed by atoms with Gasteiger partial charge in [0.25, 0.3) is 0 Å². The number of anilines is 1. The van der Waals surface area contributed by atoms with Gasteiger partial charge in [-0.1, -0.05) is 11.6 Å². The summed E-state index contributed by atoms with van der Waals surface area (Å²) in [6.45, 7) is 6.86. The van der Waals surface area contributed by atoms with Crippen molar-refractivity contribution in [1.29, 1.82) is 0 Å². The molecule has 0 aliphatic rings. The molecular weight excluding hydrogens is 316 g/mol. The maximum Gasteiger partial charge on any atom is 0.313 e. The maximum absolute atomic E-state index is 11.9. The fourth-order valence-corrected chi connectivity index (χ4v) is 2.39. The van der Waals surface area contributed by atoms with Crippen LogP contribution >= 0.6 is 11.6 Å². The van der Waals surface area contributed by atoms with Crippen LogP contribution in [-0.4, -0.2) is 21.6 Å². The number of nitrogens with zero attached hydrogens (tertiary/aromatic N) is 2. The highest BCUT2D eigenvalue weighted by Gasteiger charge is 2.16. The molecule has 0 saturated heterocycles. The van der Waals surface area contributed by atoms with Crippen molar-refractivity contribution in [2.24, 2.45) is 0 Å². The van der Waals surface area contributed by atoms with Gasteiger partial charge in [-0.05, 0) is 45.0 Å². The van der Waals surface area contributed by atoms with Gasteiger partial charge in [0.05, 0.1) is 5.69 Å². The quantitative estimate of drug-likeness (QED) is 0.843. The molecule has 2 amide bonds. The van der Waals surface area contributed by atoms with E-state index < -0.39 is 11.8 Å². The highest BCUT2D eigenvalue weighted by molar-refractivity contribution is 6.39. The minimum atomic E-state index is -0.717. The van der Waals surface area contributed by atoms with Crippen molar-refractivity contribution in [2.75, 3.05) is 5.32 Å².